The van der Waals surface area contributed by atoms with Crippen molar-refractivity contribution >= 4 is 54.5 Å². The number of rotatable bonds is 4. The van der Waals surface area contributed by atoms with E-state index in [1.54, 1.807) is 0 Å². The number of hydrogen-bond acceptors (Lipinski definition) is 4. The molecular weight excluding hydrogens is 589 g/mol. The van der Waals surface area contributed by atoms with Gasteiger partial charge in [0.05, 0.1) is 16.7 Å². The first-order chi connectivity index (χ1) is 23.8. The lowest BCUT2D eigenvalue weighted by molar-refractivity contribution is 0.668. The van der Waals surface area contributed by atoms with E-state index in [4.69, 9.17) is 19.4 Å². The molecule has 0 fully saturated rings. The van der Waals surface area contributed by atoms with Crippen LogP contribution in [0, 0.1) is 0 Å². The van der Waals surface area contributed by atoms with E-state index in [1.807, 2.05) is 48.5 Å². The number of aromatic nitrogens is 4. The first-order valence-electron chi connectivity index (χ1n) is 16.0. The molecule has 0 atom stereocenters. The molecule has 0 aliphatic rings. The Morgan fingerprint density at radius 3 is 1.79 bits per heavy atom. The highest BCUT2D eigenvalue weighted by atomic mass is 16.3. The van der Waals surface area contributed by atoms with Crippen LogP contribution in [0.2, 0.25) is 0 Å². The lowest BCUT2D eigenvalue weighted by Gasteiger charge is -2.13. The SMILES string of the molecule is c1ccc(-c2nc(-c3ccc4ccccc4c3)nc(-c3cc(-n4c5ccccc5c5ccccc54)cc4oc5ccccc5c34)n2)cc1. The van der Waals surface area contributed by atoms with Crippen molar-refractivity contribution < 1.29 is 4.42 Å². The Kier molecular flexibility index (Phi) is 5.81. The van der Waals surface area contributed by atoms with Gasteiger partial charge >= 0.3 is 0 Å². The number of fused-ring (bicyclic) bond motifs is 7. The summed E-state index contributed by atoms with van der Waals surface area (Å²) in [7, 11) is 0. The second-order valence-electron chi connectivity index (χ2n) is 12.1. The van der Waals surface area contributed by atoms with Crippen LogP contribution >= 0.6 is 0 Å². The lowest BCUT2D eigenvalue weighted by Crippen LogP contribution is -2.01. The molecule has 5 nitrogen and oxygen atoms in total. The largest absolute Gasteiger partial charge is 0.456 e. The quantitative estimate of drug-likeness (QED) is 0.198. The monoisotopic (exact) mass is 614 g/mol. The average Bonchev–Trinajstić information content (AvgIpc) is 3.70. The van der Waals surface area contributed by atoms with Crippen LogP contribution in [-0.4, -0.2) is 19.5 Å². The summed E-state index contributed by atoms with van der Waals surface area (Å²) in [5.41, 5.74) is 7.56. The first-order valence-corrected chi connectivity index (χ1v) is 16.0. The summed E-state index contributed by atoms with van der Waals surface area (Å²) in [4.78, 5) is 15.4. The van der Waals surface area contributed by atoms with E-state index in [2.05, 4.69) is 114 Å². The van der Waals surface area contributed by atoms with Gasteiger partial charge in [0.1, 0.15) is 11.2 Å². The van der Waals surface area contributed by atoms with E-state index in [0.29, 0.717) is 17.5 Å². The van der Waals surface area contributed by atoms with Crippen LogP contribution < -0.4 is 0 Å². The van der Waals surface area contributed by atoms with Gasteiger partial charge in [0.25, 0.3) is 0 Å². The molecule has 0 aliphatic heterocycles. The molecule has 0 amide bonds. The minimum absolute atomic E-state index is 0.589. The molecule has 10 rings (SSSR count). The van der Waals surface area contributed by atoms with E-state index in [-0.39, 0.29) is 0 Å². The van der Waals surface area contributed by atoms with Gasteiger partial charge in [-0.15, -0.1) is 0 Å². The van der Waals surface area contributed by atoms with Crippen molar-refractivity contribution in [3.63, 3.8) is 0 Å². The number of para-hydroxylation sites is 3. The maximum absolute atomic E-state index is 6.57. The Labute approximate surface area is 275 Å². The highest BCUT2D eigenvalue weighted by Gasteiger charge is 2.21. The molecule has 0 aliphatic carbocycles. The van der Waals surface area contributed by atoms with E-state index in [9.17, 15) is 0 Å². The van der Waals surface area contributed by atoms with E-state index in [1.165, 1.54) is 16.2 Å². The molecule has 5 heteroatoms. The van der Waals surface area contributed by atoms with Crippen LogP contribution in [0.15, 0.2) is 162 Å². The van der Waals surface area contributed by atoms with Crippen molar-refractivity contribution in [1.82, 2.24) is 19.5 Å². The molecule has 224 valence electrons. The summed E-state index contributed by atoms with van der Waals surface area (Å²) < 4.78 is 8.88. The summed E-state index contributed by atoms with van der Waals surface area (Å²) in [6, 6.07) is 54.4. The van der Waals surface area contributed by atoms with Gasteiger partial charge in [-0.3, -0.25) is 0 Å². The molecule has 7 aromatic carbocycles. The van der Waals surface area contributed by atoms with E-state index >= 15 is 0 Å². The smallest absolute Gasteiger partial charge is 0.164 e. The van der Waals surface area contributed by atoms with E-state index < -0.39 is 0 Å². The van der Waals surface area contributed by atoms with Gasteiger partial charge in [0, 0.05) is 44.3 Å². The summed E-state index contributed by atoms with van der Waals surface area (Å²) in [5, 5.41) is 6.70. The fourth-order valence-corrected chi connectivity index (χ4v) is 7.02. The summed E-state index contributed by atoms with van der Waals surface area (Å²) in [6.07, 6.45) is 0. The van der Waals surface area contributed by atoms with Crippen molar-refractivity contribution in [2.45, 2.75) is 0 Å². The molecule has 48 heavy (non-hydrogen) atoms. The molecule has 3 heterocycles. The molecule has 0 radical (unpaired) electrons. The van der Waals surface area contributed by atoms with Crippen molar-refractivity contribution in [3.8, 4) is 39.9 Å². The minimum atomic E-state index is 0.589. The number of nitrogens with zero attached hydrogens (tertiary/aromatic N) is 4. The van der Waals surface area contributed by atoms with Crippen LogP contribution in [0.25, 0.3) is 94.4 Å². The van der Waals surface area contributed by atoms with Gasteiger partial charge in [0.2, 0.25) is 0 Å². The van der Waals surface area contributed by atoms with Crippen LogP contribution in [0.5, 0.6) is 0 Å². The normalized spacial score (nSPS) is 11.8. The van der Waals surface area contributed by atoms with Crippen LogP contribution in [0.3, 0.4) is 0 Å². The van der Waals surface area contributed by atoms with Crippen molar-refractivity contribution in [1.29, 1.82) is 0 Å². The van der Waals surface area contributed by atoms with E-state index in [0.717, 1.165) is 60.7 Å². The van der Waals surface area contributed by atoms with Gasteiger partial charge in [-0.1, -0.05) is 121 Å². The average molecular weight is 615 g/mol. The maximum atomic E-state index is 6.57. The molecular formula is C43H26N4O. The molecule has 0 bridgehead atoms. The second kappa shape index (κ2) is 10.5. The lowest BCUT2D eigenvalue weighted by atomic mass is 10.0. The molecule has 0 unspecified atom stereocenters. The fourth-order valence-electron chi connectivity index (χ4n) is 7.02. The van der Waals surface area contributed by atoms with Crippen LogP contribution in [-0.2, 0) is 0 Å². The minimum Gasteiger partial charge on any atom is -0.456 e. The zero-order chi connectivity index (χ0) is 31.6. The highest BCUT2D eigenvalue weighted by Crippen LogP contribution is 2.40. The fraction of sp³-hybridized carbons (Fsp3) is 0. The second-order valence-corrected chi connectivity index (χ2v) is 12.1. The summed E-state index contributed by atoms with van der Waals surface area (Å²) >= 11 is 0. The predicted molar refractivity (Wildman–Crippen MR) is 195 cm³/mol. The Hall–Kier alpha value is -6.59. The van der Waals surface area contributed by atoms with Gasteiger partial charge in [-0.05, 0) is 41.1 Å². The highest BCUT2D eigenvalue weighted by molar-refractivity contribution is 6.14. The third-order valence-corrected chi connectivity index (χ3v) is 9.22. The van der Waals surface area contributed by atoms with Crippen molar-refractivity contribution in [2.24, 2.45) is 0 Å². The number of benzene rings is 7. The Morgan fingerprint density at radius 2 is 1.02 bits per heavy atom. The van der Waals surface area contributed by atoms with Crippen molar-refractivity contribution in [2.75, 3.05) is 0 Å². The third-order valence-electron chi connectivity index (χ3n) is 9.22. The molecule has 0 saturated carbocycles. The van der Waals surface area contributed by atoms with Crippen LogP contribution in [0.4, 0.5) is 0 Å². The van der Waals surface area contributed by atoms with Crippen LogP contribution in [0.1, 0.15) is 0 Å². The molecule has 3 aromatic heterocycles. The van der Waals surface area contributed by atoms with Gasteiger partial charge < -0.3 is 8.98 Å². The van der Waals surface area contributed by atoms with Gasteiger partial charge in [-0.25, -0.2) is 15.0 Å². The number of hydrogen-bond donors (Lipinski definition) is 0. The van der Waals surface area contributed by atoms with Gasteiger partial charge in [-0.2, -0.15) is 0 Å². The van der Waals surface area contributed by atoms with Crippen molar-refractivity contribution in [3.05, 3.63) is 158 Å². The first kappa shape index (κ1) is 26.6. The zero-order valence-electron chi connectivity index (χ0n) is 25.7. The molecule has 10 aromatic rings. The van der Waals surface area contributed by atoms with Gasteiger partial charge in [0.15, 0.2) is 17.5 Å². The molecule has 0 N–H and O–H groups in total. The predicted octanol–water partition coefficient (Wildman–Crippen LogP) is 11.0. The Morgan fingerprint density at radius 1 is 0.417 bits per heavy atom. The Balaban J connectivity index is 1.30. The summed E-state index contributed by atoms with van der Waals surface area (Å²) in [5.74, 6) is 1.82. The maximum Gasteiger partial charge on any atom is 0.164 e. The number of furan rings is 1. The molecule has 0 spiro atoms. The molecule has 0 saturated heterocycles. The topological polar surface area (TPSA) is 56.7 Å². The standard InChI is InChI=1S/C43H26N4O/c1-2-13-28(14-3-1)41-44-42(30-23-22-27-12-4-5-15-29(27)24-30)46-43(45-41)35-25-31(26-39-40(35)34-18-8-11-21-38(34)48-39)47-36-19-9-6-16-32(36)33-17-7-10-20-37(33)47/h1-26H. The zero-order valence-corrected chi connectivity index (χ0v) is 25.7. The Bertz CT molecular complexity index is 2800. The summed E-state index contributed by atoms with van der Waals surface area (Å²) in [6.45, 7) is 0. The third kappa shape index (κ3) is 4.15.